The lowest BCUT2D eigenvalue weighted by Gasteiger charge is -2.10. The van der Waals surface area contributed by atoms with Crippen molar-refractivity contribution in [3.8, 4) is 11.5 Å². The smallest absolute Gasteiger partial charge is 0.347 e. The predicted molar refractivity (Wildman–Crippen MR) is 94.1 cm³/mol. The average molecular weight is 342 g/mol. The summed E-state index contributed by atoms with van der Waals surface area (Å²) < 4.78 is 15.9. The van der Waals surface area contributed by atoms with E-state index in [-0.39, 0.29) is 5.92 Å². The highest BCUT2D eigenvalue weighted by Crippen LogP contribution is 2.21. The molecule has 2 aromatic rings. The van der Waals surface area contributed by atoms with Crippen molar-refractivity contribution in [1.29, 1.82) is 0 Å². The molecule has 0 heterocycles. The van der Waals surface area contributed by atoms with E-state index in [1.807, 2.05) is 20.8 Å². The maximum absolute atomic E-state index is 12.3. The maximum Gasteiger partial charge on any atom is 0.347 e. The second kappa shape index (κ2) is 8.87. The van der Waals surface area contributed by atoms with Crippen LogP contribution in [0, 0.1) is 5.92 Å². The molecule has 2 aromatic carbocycles. The first-order valence-corrected chi connectivity index (χ1v) is 8.22. The van der Waals surface area contributed by atoms with Crippen molar-refractivity contribution >= 4 is 11.9 Å². The quantitative estimate of drug-likeness (QED) is 0.559. The van der Waals surface area contributed by atoms with Gasteiger partial charge in [-0.05, 0) is 49.2 Å². The van der Waals surface area contributed by atoms with Gasteiger partial charge in [-0.15, -0.1) is 0 Å². The van der Waals surface area contributed by atoms with E-state index in [0.29, 0.717) is 35.8 Å². The number of benzene rings is 2. The monoisotopic (exact) mass is 342 g/mol. The number of hydrogen-bond acceptors (Lipinski definition) is 5. The molecule has 25 heavy (non-hydrogen) atoms. The van der Waals surface area contributed by atoms with E-state index in [9.17, 15) is 9.59 Å². The molecule has 2 rings (SSSR count). The molecule has 0 amide bonds. The van der Waals surface area contributed by atoms with Crippen LogP contribution in [-0.2, 0) is 4.74 Å². The normalized spacial score (nSPS) is 10.4. The number of ether oxygens (including phenoxy) is 3. The van der Waals surface area contributed by atoms with E-state index < -0.39 is 11.9 Å². The maximum atomic E-state index is 12.3. The Balaban J connectivity index is 2.04. The number of carbonyl (C=O) groups excluding carboxylic acids is 2. The zero-order valence-electron chi connectivity index (χ0n) is 14.7. The van der Waals surface area contributed by atoms with Crippen molar-refractivity contribution in [3.05, 3.63) is 59.7 Å². The molecule has 5 heteroatoms. The van der Waals surface area contributed by atoms with Crippen LogP contribution in [0.3, 0.4) is 0 Å². The lowest BCUT2D eigenvalue weighted by Crippen LogP contribution is -2.12. The molecule has 5 nitrogen and oxygen atoms in total. The second-order valence-electron chi connectivity index (χ2n) is 5.84. The number of esters is 2. The first-order valence-electron chi connectivity index (χ1n) is 8.22. The Kier molecular flexibility index (Phi) is 6.57. The summed E-state index contributed by atoms with van der Waals surface area (Å²) in [5, 5.41) is 0. The van der Waals surface area contributed by atoms with Gasteiger partial charge in [0, 0.05) is 0 Å². The molecule has 0 atom stereocenters. The molecule has 0 bridgehead atoms. The molecule has 0 N–H and O–H groups in total. The lowest BCUT2D eigenvalue weighted by atomic mass is 10.2. The minimum absolute atomic E-state index is 0.273. The van der Waals surface area contributed by atoms with E-state index in [1.165, 1.54) is 0 Å². The number of para-hydroxylation sites is 1. The molecule has 0 radical (unpaired) electrons. The van der Waals surface area contributed by atoms with Crippen LogP contribution in [0.15, 0.2) is 48.5 Å². The molecule has 0 saturated carbocycles. The summed E-state index contributed by atoms with van der Waals surface area (Å²) in [6, 6.07) is 13.2. The molecule has 0 fully saturated rings. The SMILES string of the molecule is CCOc1ccccc1C(=O)Oc1ccc(C(=O)OCC(C)C)cc1. The van der Waals surface area contributed by atoms with Crippen molar-refractivity contribution in [2.24, 2.45) is 5.92 Å². The van der Waals surface area contributed by atoms with Gasteiger partial charge in [-0.2, -0.15) is 0 Å². The highest BCUT2D eigenvalue weighted by molar-refractivity contribution is 5.94. The van der Waals surface area contributed by atoms with Gasteiger partial charge >= 0.3 is 11.9 Å². The molecular formula is C20H22O5. The fourth-order valence-electron chi connectivity index (χ4n) is 2.06. The van der Waals surface area contributed by atoms with Gasteiger partial charge in [-0.1, -0.05) is 26.0 Å². The summed E-state index contributed by atoms with van der Waals surface area (Å²) in [5.41, 5.74) is 0.764. The second-order valence-corrected chi connectivity index (χ2v) is 5.84. The summed E-state index contributed by atoms with van der Waals surface area (Å²) in [4.78, 5) is 24.2. The van der Waals surface area contributed by atoms with Crippen LogP contribution < -0.4 is 9.47 Å². The van der Waals surface area contributed by atoms with E-state index in [2.05, 4.69) is 0 Å². The van der Waals surface area contributed by atoms with Crippen LogP contribution in [0.25, 0.3) is 0 Å². The van der Waals surface area contributed by atoms with Crippen LogP contribution in [0.2, 0.25) is 0 Å². The molecule has 0 aliphatic rings. The first-order chi connectivity index (χ1) is 12.0. The molecular weight excluding hydrogens is 320 g/mol. The van der Waals surface area contributed by atoms with Crippen molar-refractivity contribution in [2.75, 3.05) is 13.2 Å². The van der Waals surface area contributed by atoms with Crippen LogP contribution in [0.4, 0.5) is 0 Å². The average Bonchev–Trinajstić information content (AvgIpc) is 2.61. The molecule has 0 spiro atoms. The van der Waals surface area contributed by atoms with Gasteiger partial charge in [0.1, 0.15) is 17.1 Å². The molecule has 0 aliphatic carbocycles. The van der Waals surface area contributed by atoms with Gasteiger partial charge in [0.2, 0.25) is 0 Å². The number of hydrogen-bond donors (Lipinski definition) is 0. The third-order valence-electron chi connectivity index (χ3n) is 3.26. The van der Waals surface area contributed by atoms with Crippen LogP contribution in [-0.4, -0.2) is 25.2 Å². The number of carbonyl (C=O) groups is 2. The van der Waals surface area contributed by atoms with Gasteiger partial charge in [0.25, 0.3) is 0 Å². The van der Waals surface area contributed by atoms with E-state index in [1.54, 1.807) is 48.5 Å². The lowest BCUT2D eigenvalue weighted by molar-refractivity contribution is 0.0459. The van der Waals surface area contributed by atoms with Crippen molar-refractivity contribution in [1.82, 2.24) is 0 Å². The van der Waals surface area contributed by atoms with Crippen molar-refractivity contribution in [2.45, 2.75) is 20.8 Å². The van der Waals surface area contributed by atoms with Gasteiger partial charge in [0.15, 0.2) is 0 Å². The highest BCUT2D eigenvalue weighted by atomic mass is 16.5. The van der Waals surface area contributed by atoms with E-state index in [4.69, 9.17) is 14.2 Å². The van der Waals surface area contributed by atoms with Gasteiger partial charge in [-0.3, -0.25) is 0 Å². The molecule has 0 unspecified atom stereocenters. The summed E-state index contributed by atoms with van der Waals surface area (Å²) >= 11 is 0. The zero-order chi connectivity index (χ0) is 18.2. The van der Waals surface area contributed by atoms with Gasteiger partial charge < -0.3 is 14.2 Å². The Morgan fingerprint density at radius 3 is 2.28 bits per heavy atom. The third-order valence-corrected chi connectivity index (χ3v) is 3.26. The van der Waals surface area contributed by atoms with Crippen LogP contribution >= 0.6 is 0 Å². The standard InChI is InChI=1S/C20H22O5/c1-4-23-18-8-6-5-7-17(18)20(22)25-16-11-9-15(10-12-16)19(21)24-13-14(2)3/h5-12,14H,4,13H2,1-3H3. The minimum Gasteiger partial charge on any atom is -0.493 e. The predicted octanol–water partition coefficient (Wildman–Crippen LogP) is 4.12. The Morgan fingerprint density at radius 2 is 1.64 bits per heavy atom. The first kappa shape index (κ1) is 18.5. The van der Waals surface area contributed by atoms with Crippen LogP contribution in [0.1, 0.15) is 41.5 Å². The Morgan fingerprint density at radius 1 is 0.960 bits per heavy atom. The minimum atomic E-state index is -0.515. The summed E-state index contributed by atoms with van der Waals surface area (Å²) in [6.45, 7) is 6.60. The Hall–Kier alpha value is -2.82. The third kappa shape index (κ3) is 5.35. The Bertz CT molecular complexity index is 719. The summed E-state index contributed by atoms with van der Waals surface area (Å²) in [5.74, 6) is 0.183. The fourth-order valence-corrected chi connectivity index (χ4v) is 2.06. The molecule has 0 aromatic heterocycles. The summed E-state index contributed by atoms with van der Waals surface area (Å²) in [7, 11) is 0. The van der Waals surface area contributed by atoms with Crippen molar-refractivity contribution in [3.63, 3.8) is 0 Å². The van der Waals surface area contributed by atoms with E-state index >= 15 is 0 Å². The van der Waals surface area contributed by atoms with Gasteiger partial charge in [-0.25, -0.2) is 9.59 Å². The van der Waals surface area contributed by atoms with Crippen molar-refractivity contribution < 1.29 is 23.8 Å². The zero-order valence-corrected chi connectivity index (χ0v) is 14.7. The largest absolute Gasteiger partial charge is 0.493 e. The summed E-state index contributed by atoms with van der Waals surface area (Å²) in [6.07, 6.45) is 0. The fraction of sp³-hybridized carbons (Fsp3) is 0.300. The highest BCUT2D eigenvalue weighted by Gasteiger charge is 2.15. The van der Waals surface area contributed by atoms with Crippen LogP contribution in [0.5, 0.6) is 11.5 Å². The molecule has 132 valence electrons. The van der Waals surface area contributed by atoms with E-state index in [0.717, 1.165) is 0 Å². The topological polar surface area (TPSA) is 61.8 Å². The van der Waals surface area contributed by atoms with Gasteiger partial charge in [0.05, 0.1) is 18.8 Å². The number of rotatable bonds is 7. The molecule has 0 aliphatic heterocycles. The molecule has 0 saturated heterocycles. The Labute approximate surface area is 147 Å².